The van der Waals surface area contributed by atoms with Crippen LogP contribution in [0.4, 0.5) is 4.39 Å². The van der Waals surface area contributed by atoms with E-state index in [1.54, 1.807) is 30.3 Å². The molecule has 0 aromatic heterocycles. The molecule has 1 amide bonds. The summed E-state index contributed by atoms with van der Waals surface area (Å²) < 4.78 is 18.1. The summed E-state index contributed by atoms with van der Waals surface area (Å²) in [6, 6.07) is 11.4. The molecule has 0 aliphatic rings. The van der Waals surface area contributed by atoms with Crippen LogP contribution < -0.4 is 5.32 Å². The molecule has 4 nitrogen and oxygen atoms in total. The van der Waals surface area contributed by atoms with Crippen LogP contribution in [0.15, 0.2) is 48.5 Å². The molecular weight excluding hydrogens is 321 g/mol. The minimum atomic E-state index is -0.854. The maximum atomic E-state index is 13.0. The lowest BCUT2D eigenvalue weighted by Gasteiger charge is -2.14. The molecule has 2 aromatic carbocycles. The number of hydrogen-bond acceptors (Lipinski definition) is 3. The number of carbonyl (C=O) groups is 2. The molecule has 0 radical (unpaired) electrons. The van der Waals surface area contributed by atoms with Gasteiger partial charge in [0.25, 0.3) is 5.91 Å². The second kappa shape index (κ2) is 7.74. The standard InChI is InChI=1S/C17H15ClFNO3/c1-11(20-16(21)14-7-2-3-8-15(14)18)17(22)23-10-12-5-4-6-13(19)9-12/h2-9,11H,10H2,1H3,(H,20,21)/t11-/m0/s1. The van der Waals surface area contributed by atoms with Crippen LogP contribution in [0, 0.1) is 5.82 Å². The van der Waals surface area contributed by atoms with Crippen molar-refractivity contribution in [3.8, 4) is 0 Å². The Bertz CT molecular complexity index is 720. The normalized spacial score (nSPS) is 11.6. The van der Waals surface area contributed by atoms with Gasteiger partial charge in [0, 0.05) is 0 Å². The molecular formula is C17H15ClFNO3. The fourth-order valence-corrected chi connectivity index (χ4v) is 2.11. The van der Waals surface area contributed by atoms with Gasteiger partial charge < -0.3 is 10.1 Å². The van der Waals surface area contributed by atoms with Crippen molar-refractivity contribution >= 4 is 23.5 Å². The fourth-order valence-electron chi connectivity index (χ4n) is 1.88. The van der Waals surface area contributed by atoms with Gasteiger partial charge in [0.05, 0.1) is 10.6 Å². The van der Waals surface area contributed by atoms with Crippen molar-refractivity contribution < 1.29 is 18.7 Å². The number of esters is 1. The second-order valence-corrected chi connectivity index (χ2v) is 5.32. The number of rotatable bonds is 5. The van der Waals surface area contributed by atoms with E-state index in [-0.39, 0.29) is 12.2 Å². The average molecular weight is 336 g/mol. The van der Waals surface area contributed by atoms with Crippen LogP contribution in [0.1, 0.15) is 22.8 Å². The first kappa shape index (κ1) is 17.0. The molecule has 0 saturated carbocycles. The van der Waals surface area contributed by atoms with Crippen LogP contribution in [0.3, 0.4) is 0 Å². The number of benzene rings is 2. The smallest absolute Gasteiger partial charge is 0.328 e. The molecule has 0 heterocycles. The first-order chi connectivity index (χ1) is 11.0. The summed E-state index contributed by atoms with van der Waals surface area (Å²) in [6.45, 7) is 1.44. The molecule has 0 fully saturated rings. The van der Waals surface area contributed by atoms with Gasteiger partial charge in [0.2, 0.25) is 0 Å². The lowest BCUT2D eigenvalue weighted by atomic mass is 10.2. The zero-order chi connectivity index (χ0) is 16.8. The van der Waals surface area contributed by atoms with Crippen LogP contribution in [-0.2, 0) is 16.1 Å². The summed E-state index contributed by atoms with van der Waals surface area (Å²) in [5.41, 5.74) is 0.807. The Morgan fingerprint density at radius 1 is 1.22 bits per heavy atom. The summed E-state index contributed by atoms with van der Waals surface area (Å²) in [6.07, 6.45) is 0. The largest absolute Gasteiger partial charge is 0.459 e. The second-order valence-electron chi connectivity index (χ2n) is 4.91. The number of hydrogen-bond donors (Lipinski definition) is 1. The van der Waals surface area contributed by atoms with Crippen LogP contribution in [-0.4, -0.2) is 17.9 Å². The van der Waals surface area contributed by atoms with Crippen molar-refractivity contribution in [1.82, 2.24) is 5.32 Å². The molecule has 0 spiro atoms. The Hall–Kier alpha value is -2.40. The lowest BCUT2D eigenvalue weighted by Crippen LogP contribution is -2.39. The molecule has 0 aliphatic carbocycles. The molecule has 120 valence electrons. The van der Waals surface area contributed by atoms with Gasteiger partial charge in [-0.25, -0.2) is 9.18 Å². The molecule has 23 heavy (non-hydrogen) atoms. The van der Waals surface area contributed by atoms with Crippen LogP contribution >= 0.6 is 11.6 Å². The summed E-state index contributed by atoms with van der Waals surface area (Å²) in [5.74, 6) is -1.49. The van der Waals surface area contributed by atoms with E-state index in [1.807, 2.05) is 0 Å². The van der Waals surface area contributed by atoms with Gasteiger partial charge in [0.1, 0.15) is 18.5 Å². The first-order valence-electron chi connectivity index (χ1n) is 6.94. The Kier molecular flexibility index (Phi) is 5.71. The molecule has 0 saturated heterocycles. The van der Waals surface area contributed by atoms with Gasteiger partial charge in [-0.1, -0.05) is 35.9 Å². The molecule has 0 unspecified atom stereocenters. The molecule has 1 atom stereocenters. The Morgan fingerprint density at radius 2 is 1.96 bits per heavy atom. The fraction of sp³-hybridized carbons (Fsp3) is 0.176. The number of halogens is 2. The molecule has 1 N–H and O–H groups in total. The Balaban J connectivity index is 1.90. The van der Waals surface area contributed by atoms with Crippen molar-refractivity contribution in [3.05, 3.63) is 70.5 Å². The van der Waals surface area contributed by atoms with E-state index in [9.17, 15) is 14.0 Å². The first-order valence-corrected chi connectivity index (χ1v) is 7.31. The van der Waals surface area contributed by atoms with E-state index in [1.165, 1.54) is 25.1 Å². The molecule has 6 heteroatoms. The predicted molar refractivity (Wildman–Crippen MR) is 84.6 cm³/mol. The summed E-state index contributed by atoms with van der Waals surface area (Å²) in [7, 11) is 0. The van der Waals surface area contributed by atoms with E-state index in [2.05, 4.69) is 5.32 Å². The summed E-state index contributed by atoms with van der Waals surface area (Å²) in [4.78, 5) is 23.9. The third-order valence-electron chi connectivity index (χ3n) is 3.09. The van der Waals surface area contributed by atoms with Crippen LogP contribution in [0.5, 0.6) is 0 Å². The number of amides is 1. The predicted octanol–water partition coefficient (Wildman–Crippen LogP) is 3.34. The monoisotopic (exact) mass is 335 g/mol. The maximum Gasteiger partial charge on any atom is 0.328 e. The average Bonchev–Trinajstić information content (AvgIpc) is 2.53. The van der Waals surface area contributed by atoms with Crippen molar-refractivity contribution in [1.29, 1.82) is 0 Å². The van der Waals surface area contributed by atoms with Gasteiger partial charge in [-0.05, 0) is 36.8 Å². The van der Waals surface area contributed by atoms with E-state index in [0.717, 1.165) is 0 Å². The summed E-state index contributed by atoms with van der Waals surface area (Å²) in [5, 5.41) is 2.81. The quantitative estimate of drug-likeness (QED) is 0.853. The molecule has 0 bridgehead atoms. The van der Waals surface area contributed by atoms with E-state index in [4.69, 9.17) is 16.3 Å². The van der Waals surface area contributed by atoms with Gasteiger partial charge in [-0.15, -0.1) is 0 Å². The van der Waals surface area contributed by atoms with Crippen molar-refractivity contribution in [2.24, 2.45) is 0 Å². The highest BCUT2D eigenvalue weighted by molar-refractivity contribution is 6.33. The number of nitrogens with one attached hydrogen (secondary N) is 1. The van der Waals surface area contributed by atoms with Crippen molar-refractivity contribution in [2.45, 2.75) is 19.6 Å². The van der Waals surface area contributed by atoms with Gasteiger partial charge in [-0.2, -0.15) is 0 Å². The zero-order valence-electron chi connectivity index (χ0n) is 12.4. The maximum absolute atomic E-state index is 13.0. The van der Waals surface area contributed by atoms with Gasteiger partial charge in [-0.3, -0.25) is 4.79 Å². The van der Waals surface area contributed by atoms with Crippen LogP contribution in [0.2, 0.25) is 5.02 Å². The minimum absolute atomic E-state index is 0.0666. The van der Waals surface area contributed by atoms with Gasteiger partial charge >= 0.3 is 5.97 Å². The highest BCUT2D eigenvalue weighted by Crippen LogP contribution is 2.14. The topological polar surface area (TPSA) is 55.4 Å². The van der Waals surface area contributed by atoms with Crippen molar-refractivity contribution in [3.63, 3.8) is 0 Å². The van der Waals surface area contributed by atoms with E-state index in [0.29, 0.717) is 10.6 Å². The number of carbonyl (C=O) groups excluding carboxylic acids is 2. The molecule has 0 aliphatic heterocycles. The SMILES string of the molecule is C[C@H](NC(=O)c1ccccc1Cl)C(=O)OCc1cccc(F)c1. The third kappa shape index (κ3) is 4.79. The van der Waals surface area contributed by atoms with Crippen molar-refractivity contribution in [2.75, 3.05) is 0 Å². The molecule has 2 rings (SSSR count). The molecule has 2 aromatic rings. The third-order valence-corrected chi connectivity index (χ3v) is 3.42. The number of ether oxygens (including phenoxy) is 1. The summed E-state index contributed by atoms with van der Waals surface area (Å²) >= 11 is 5.93. The Morgan fingerprint density at radius 3 is 2.65 bits per heavy atom. The highest BCUT2D eigenvalue weighted by Gasteiger charge is 2.19. The lowest BCUT2D eigenvalue weighted by molar-refractivity contribution is -0.146. The highest BCUT2D eigenvalue weighted by atomic mass is 35.5. The van der Waals surface area contributed by atoms with E-state index >= 15 is 0 Å². The zero-order valence-corrected chi connectivity index (χ0v) is 13.1. The van der Waals surface area contributed by atoms with E-state index < -0.39 is 23.7 Å². The van der Waals surface area contributed by atoms with Gasteiger partial charge in [0.15, 0.2) is 0 Å². The minimum Gasteiger partial charge on any atom is -0.459 e. The van der Waals surface area contributed by atoms with Crippen LogP contribution in [0.25, 0.3) is 0 Å². The Labute approximate surface area is 138 Å².